The number of methoxy groups -OCH3 is 1. The first-order valence-corrected chi connectivity index (χ1v) is 7.35. The smallest absolute Gasteiger partial charge is 0.228 e. The van der Waals surface area contributed by atoms with Gasteiger partial charge < -0.3 is 19.7 Å². The fourth-order valence-corrected chi connectivity index (χ4v) is 2.96. The SMILES string of the molecule is COCCN(CC1CCCN1)C(=O)C1CCOC1C. The Morgan fingerprint density at radius 3 is 2.89 bits per heavy atom. The molecule has 0 spiro atoms. The van der Waals surface area contributed by atoms with Gasteiger partial charge >= 0.3 is 0 Å². The second kappa shape index (κ2) is 7.22. The first-order chi connectivity index (χ1) is 9.22. The molecule has 0 aromatic carbocycles. The summed E-state index contributed by atoms with van der Waals surface area (Å²) in [6.07, 6.45) is 3.27. The molecule has 2 rings (SSSR count). The standard InChI is InChI=1S/C14H26N2O3/c1-11-13(5-8-19-11)14(17)16(7-9-18-2)10-12-4-3-6-15-12/h11-13,15H,3-10H2,1-2H3. The van der Waals surface area contributed by atoms with Gasteiger partial charge in [0.1, 0.15) is 0 Å². The number of hydrogen-bond donors (Lipinski definition) is 1. The van der Waals surface area contributed by atoms with Gasteiger partial charge in [-0.15, -0.1) is 0 Å². The summed E-state index contributed by atoms with van der Waals surface area (Å²) in [5, 5.41) is 3.45. The van der Waals surface area contributed by atoms with Gasteiger partial charge in [0, 0.05) is 32.8 Å². The summed E-state index contributed by atoms with van der Waals surface area (Å²) in [4.78, 5) is 14.6. The van der Waals surface area contributed by atoms with E-state index < -0.39 is 0 Å². The zero-order valence-electron chi connectivity index (χ0n) is 12.1. The van der Waals surface area contributed by atoms with E-state index >= 15 is 0 Å². The number of rotatable bonds is 6. The van der Waals surface area contributed by atoms with Crippen LogP contribution in [-0.4, -0.2) is 62.9 Å². The highest BCUT2D eigenvalue weighted by atomic mass is 16.5. The lowest BCUT2D eigenvalue weighted by Crippen LogP contribution is -2.46. The highest BCUT2D eigenvalue weighted by Crippen LogP contribution is 2.23. The quantitative estimate of drug-likeness (QED) is 0.769. The minimum absolute atomic E-state index is 0.0262. The van der Waals surface area contributed by atoms with Crippen LogP contribution in [0, 0.1) is 5.92 Å². The monoisotopic (exact) mass is 270 g/mol. The predicted octanol–water partition coefficient (Wildman–Crippen LogP) is 0.638. The van der Waals surface area contributed by atoms with Crippen LogP contribution in [0.15, 0.2) is 0 Å². The third kappa shape index (κ3) is 3.91. The molecule has 3 unspecified atom stereocenters. The molecule has 5 nitrogen and oxygen atoms in total. The first kappa shape index (κ1) is 14.8. The highest BCUT2D eigenvalue weighted by Gasteiger charge is 2.34. The molecule has 3 atom stereocenters. The Morgan fingerprint density at radius 2 is 2.32 bits per heavy atom. The molecule has 19 heavy (non-hydrogen) atoms. The summed E-state index contributed by atoms with van der Waals surface area (Å²) in [7, 11) is 1.68. The minimum atomic E-state index is 0.0262. The van der Waals surface area contributed by atoms with Gasteiger partial charge in [0.2, 0.25) is 5.91 Å². The van der Waals surface area contributed by atoms with Crippen molar-refractivity contribution in [3.8, 4) is 0 Å². The fraction of sp³-hybridized carbons (Fsp3) is 0.929. The lowest BCUT2D eigenvalue weighted by atomic mass is 10.0. The van der Waals surface area contributed by atoms with Gasteiger partial charge in [0.05, 0.1) is 18.6 Å². The van der Waals surface area contributed by atoms with E-state index in [1.54, 1.807) is 7.11 Å². The van der Waals surface area contributed by atoms with E-state index in [0.29, 0.717) is 25.8 Å². The van der Waals surface area contributed by atoms with E-state index in [4.69, 9.17) is 9.47 Å². The van der Waals surface area contributed by atoms with Crippen molar-refractivity contribution < 1.29 is 14.3 Å². The number of hydrogen-bond acceptors (Lipinski definition) is 4. The number of carbonyl (C=O) groups is 1. The molecular formula is C14H26N2O3. The van der Waals surface area contributed by atoms with Crippen LogP contribution in [0.2, 0.25) is 0 Å². The number of nitrogens with one attached hydrogen (secondary N) is 1. The van der Waals surface area contributed by atoms with Gasteiger partial charge in [-0.25, -0.2) is 0 Å². The van der Waals surface area contributed by atoms with Crippen molar-refractivity contribution in [2.45, 2.75) is 38.3 Å². The molecule has 1 amide bonds. The lowest BCUT2D eigenvalue weighted by molar-refractivity contribution is -0.138. The van der Waals surface area contributed by atoms with Crippen LogP contribution < -0.4 is 5.32 Å². The Labute approximate surface area is 115 Å². The van der Waals surface area contributed by atoms with Crippen LogP contribution in [0.25, 0.3) is 0 Å². The topological polar surface area (TPSA) is 50.8 Å². The van der Waals surface area contributed by atoms with Gasteiger partial charge in [-0.3, -0.25) is 4.79 Å². The second-order valence-corrected chi connectivity index (χ2v) is 5.54. The Hall–Kier alpha value is -0.650. The molecule has 0 aromatic heterocycles. The summed E-state index contributed by atoms with van der Waals surface area (Å²) in [6.45, 7) is 5.84. The fourth-order valence-electron chi connectivity index (χ4n) is 2.96. The number of nitrogens with zero attached hydrogens (tertiary/aromatic N) is 1. The largest absolute Gasteiger partial charge is 0.383 e. The summed E-state index contributed by atoms with van der Waals surface area (Å²) in [6, 6.07) is 0.443. The number of carbonyl (C=O) groups excluding carboxylic acids is 1. The third-order valence-corrected chi connectivity index (χ3v) is 4.17. The maximum atomic E-state index is 12.6. The Morgan fingerprint density at radius 1 is 1.47 bits per heavy atom. The van der Waals surface area contributed by atoms with Crippen LogP contribution in [0.1, 0.15) is 26.2 Å². The molecule has 2 aliphatic rings. The van der Waals surface area contributed by atoms with Crippen molar-refractivity contribution in [1.29, 1.82) is 0 Å². The van der Waals surface area contributed by atoms with Crippen molar-refractivity contribution in [2.24, 2.45) is 5.92 Å². The van der Waals surface area contributed by atoms with Crippen molar-refractivity contribution in [3.05, 3.63) is 0 Å². The maximum Gasteiger partial charge on any atom is 0.228 e. The molecule has 0 aromatic rings. The maximum absolute atomic E-state index is 12.6. The van der Waals surface area contributed by atoms with Gasteiger partial charge in [-0.05, 0) is 32.7 Å². The summed E-state index contributed by atoms with van der Waals surface area (Å²) in [5.41, 5.74) is 0. The lowest BCUT2D eigenvalue weighted by Gasteiger charge is -2.29. The molecule has 2 saturated heterocycles. The Balaban J connectivity index is 1.92. The van der Waals surface area contributed by atoms with Crippen LogP contribution in [0.4, 0.5) is 0 Å². The zero-order chi connectivity index (χ0) is 13.7. The van der Waals surface area contributed by atoms with E-state index in [1.807, 2.05) is 11.8 Å². The molecule has 0 aliphatic carbocycles. The van der Waals surface area contributed by atoms with Crippen molar-refractivity contribution >= 4 is 5.91 Å². The van der Waals surface area contributed by atoms with Crippen LogP contribution in [0.3, 0.4) is 0 Å². The van der Waals surface area contributed by atoms with Crippen LogP contribution in [-0.2, 0) is 14.3 Å². The second-order valence-electron chi connectivity index (χ2n) is 5.54. The molecule has 0 saturated carbocycles. The van der Waals surface area contributed by atoms with E-state index in [1.165, 1.54) is 6.42 Å². The van der Waals surface area contributed by atoms with E-state index in [-0.39, 0.29) is 17.9 Å². The molecule has 2 aliphatic heterocycles. The van der Waals surface area contributed by atoms with Gasteiger partial charge in [0.15, 0.2) is 0 Å². The number of ether oxygens (including phenoxy) is 2. The van der Waals surface area contributed by atoms with Crippen molar-refractivity contribution in [1.82, 2.24) is 10.2 Å². The average molecular weight is 270 g/mol. The minimum Gasteiger partial charge on any atom is -0.383 e. The average Bonchev–Trinajstić information content (AvgIpc) is 3.05. The zero-order valence-corrected chi connectivity index (χ0v) is 12.1. The van der Waals surface area contributed by atoms with Gasteiger partial charge in [-0.1, -0.05) is 0 Å². The molecule has 2 heterocycles. The van der Waals surface area contributed by atoms with E-state index in [9.17, 15) is 4.79 Å². The molecular weight excluding hydrogens is 244 g/mol. The molecule has 2 fully saturated rings. The van der Waals surface area contributed by atoms with E-state index in [0.717, 1.165) is 25.9 Å². The normalized spacial score (nSPS) is 30.7. The Bertz CT molecular complexity index is 292. The summed E-state index contributed by atoms with van der Waals surface area (Å²) < 4.78 is 10.6. The molecule has 5 heteroatoms. The molecule has 110 valence electrons. The van der Waals surface area contributed by atoms with Crippen LogP contribution in [0.5, 0.6) is 0 Å². The van der Waals surface area contributed by atoms with Crippen molar-refractivity contribution in [3.63, 3.8) is 0 Å². The molecule has 0 radical (unpaired) electrons. The molecule has 0 bridgehead atoms. The summed E-state index contributed by atoms with van der Waals surface area (Å²) >= 11 is 0. The highest BCUT2D eigenvalue weighted by molar-refractivity contribution is 5.79. The van der Waals surface area contributed by atoms with Gasteiger partial charge in [-0.2, -0.15) is 0 Å². The molecule has 1 N–H and O–H groups in total. The first-order valence-electron chi connectivity index (χ1n) is 7.35. The van der Waals surface area contributed by atoms with Crippen LogP contribution >= 0.6 is 0 Å². The third-order valence-electron chi connectivity index (χ3n) is 4.17. The summed E-state index contributed by atoms with van der Waals surface area (Å²) in [5.74, 6) is 0.258. The van der Waals surface area contributed by atoms with Gasteiger partial charge in [0.25, 0.3) is 0 Å². The van der Waals surface area contributed by atoms with E-state index in [2.05, 4.69) is 5.32 Å². The predicted molar refractivity (Wildman–Crippen MR) is 73.0 cm³/mol. The Kier molecular flexibility index (Phi) is 5.60. The van der Waals surface area contributed by atoms with Crippen molar-refractivity contribution in [2.75, 3.05) is 40.0 Å². The number of amides is 1.